The zero-order valence-corrected chi connectivity index (χ0v) is 10.7. The molecule has 0 bridgehead atoms. The first kappa shape index (κ1) is 12.5. The van der Waals surface area contributed by atoms with Crippen LogP contribution in [-0.2, 0) is 0 Å². The Bertz CT molecular complexity index is 301. The van der Waals surface area contributed by atoms with Gasteiger partial charge in [-0.25, -0.2) is 0 Å². The van der Waals surface area contributed by atoms with Gasteiger partial charge < -0.3 is 0 Å². The Morgan fingerprint density at radius 1 is 0.933 bits per heavy atom. The van der Waals surface area contributed by atoms with Crippen LogP contribution in [0, 0.1) is 0 Å². The van der Waals surface area contributed by atoms with Crippen LogP contribution < -0.4 is 0 Å². The third-order valence-corrected chi connectivity index (χ3v) is 2.89. The Hall–Kier alpha value is -0.600. The summed E-state index contributed by atoms with van der Waals surface area (Å²) in [5.74, 6) is 0.395. The summed E-state index contributed by atoms with van der Waals surface area (Å²) >= 11 is 3.47. The highest BCUT2D eigenvalue weighted by Gasteiger charge is 2.01. The lowest BCUT2D eigenvalue weighted by Crippen LogP contribution is -1.89. The number of hydrogen-bond acceptors (Lipinski definition) is 2. The molecule has 0 nitrogen and oxygen atoms in total. The molecule has 0 heterocycles. The second kappa shape index (κ2) is 7.66. The molecule has 0 aliphatic heterocycles. The first-order chi connectivity index (χ1) is 7.38. The lowest BCUT2D eigenvalue weighted by atomic mass is 10.00. The van der Waals surface area contributed by atoms with E-state index in [1.165, 1.54) is 5.56 Å². The smallest absolute Gasteiger partial charge is 0.0214 e. The largest absolute Gasteiger partial charge is 0.138 e. The molecule has 15 heavy (non-hydrogen) atoms. The molecular weight excluding hydrogens is 220 g/mol. The van der Waals surface area contributed by atoms with Crippen molar-refractivity contribution < 1.29 is 0 Å². The Morgan fingerprint density at radius 2 is 1.47 bits per heavy atom. The zero-order valence-electron chi connectivity index (χ0n) is 9.09. The minimum Gasteiger partial charge on any atom is -0.138 e. The molecule has 0 aliphatic carbocycles. The van der Waals surface area contributed by atoms with Crippen LogP contribution in [0.5, 0.6) is 0 Å². The minimum atomic E-state index is 0.395. The summed E-state index contributed by atoms with van der Waals surface area (Å²) in [5, 5.41) is 4.28. The summed E-state index contributed by atoms with van der Waals surface area (Å²) in [7, 11) is 0. The van der Waals surface area contributed by atoms with E-state index in [1.807, 2.05) is 0 Å². The lowest BCUT2D eigenvalue weighted by Gasteiger charge is -2.07. The summed E-state index contributed by atoms with van der Waals surface area (Å²) in [6.45, 7) is 0. The molecule has 1 rings (SSSR count). The third-order valence-electron chi connectivity index (χ3n) is 2.03. The minimum absolute atomic E-state index is 0.395. The maximum absolute atomic E-state index is 2.23. The first-order valence-electron chi connectivity index (χ1n) is 4.82. The summed E-state index contributed by atoms with van der Waals surface area (Å²) < 4.78 is 0. The van der Waals surface area contributed by atoms with E-state index in [2.05, 4.69) is 65.8 Å². The maximum atomic E-state index is 2.23. The molecule has 0 atom stereocenters. The Balaban J connectivity index is 2.81. The molecular formula is C13H16S2. The Kier molecular flexibility index (Phi) is 6.37. The quantitative estimate of drug-likeness (QED) is 0.737. The molecule has 0 aliphatic rings. The Labute approximate surface area is 101 Å². The third kappa shape index (κ3) is 4.63. The van der Waals surface area contributed by atoms with E-state index >= 15 is 0 Å². The average Bonchev–Trinajstić information content (AvgIpc) is 2.30. The standard InChI is InChI=1S/C13H16S2/c1-14-10-8-13(9-11-15-2)12-6-4-3-5-7-12/h3-11,13H,1-2H3/b10-8+,11-9+. The summed E-state index contributed by atoms with van der Waals surface area (Å²) in [6, 6.07) is 10.6. The van der Waals surface area contributed by atoms with Crippen molar-refractivity contribution in [3.05, 3.63) is 58.9 Å². The molecule has 0 saturated heterocycles. The van der Waals surface area contributed by atoms with E-state index in [0.29, 0.717) is 5.92 Å². The van der Waals surface area contributed by atoms with E-state index in [4.69, 9.17) is 0 Å². The molecule has 80 valence electrons. The van der Waals surface area contributed by atoms with Crippen molar-refractivity contribution in [1.29, 1.82) is 0 Å². The van der Waals surface area contributed by atoms with Crippen molar-refractivity contribution in [2.75, 3.05) is 12.5 Å². The van der Waals surface area contributed by atoms with Gasteiger partial charge in [-0.1, -0.05) is 42.5 Å². The van der Waals surface area contributed by atoms with Gasteiger partial charge in [0.05, 0.1) is 0 Å². The molecule has 0 saturated carbocycles. The molecule has 1 aromatic carbocycles. The zero-order chi connectivity index (χ0) is 10.9. The SMILES string of the molecule is CS/C=C/C(/C=C/SC)c1ccccc1. The van der Waals surface area contributed by atoms with Crippen LogP contribution in [0.1, 0.15) is 11.5 Å². The fraction of sp³-hybridized carbons (Fsp3) is 0.231. The molecule has 0 amide bonds. The number of benzene rings is 1. The highest BCUT2D eigenvalue weighted by atomic mass is 32.2. The van der Waals surface area contributed by atoms with Gasteiger partial charge in [0.1, 0.15) is 0 Å². The maximum Gasteiger partial charge on any atom is 0.0214 e. The number of thioether (sulfide) groups is 2. The van der Waals surface area contributed by atoms with Gasteiger partial charge >= 0.3 is 0 Å². The molecule has 0 unspecified atom stereocenters. The van der Waals surface area contributed by atoms with Gasteiger partial charge in [-0.15, -0.1) is 23.5 Å². The van der Waals surface area contributed by atoms with E-state index < -0.39 is 0 Å². The van der Waals surface area contributed by atoms with Crippen molar-refractivity contribution in [3.63, 3.8) is 0 Å². The van der Waals surface area contributed by atoms with E-state index in [0.717, 1.165) is 0 Å². The van der Waals surface area contributed by atoms with Crippen LogP contribution in [0.25, 0.3) is 0 Å². The summed E-state index contributed by atoms with van der Waals surface area (Å²) in [6.07, 6.45) is 8.62. The normalized spacial score (nSPS) is 11.9. The highest BCUT2D eigenvalue weighted by Crippen LogP contribution is 2.20. The topological polar surface area (TPSA) is 0 Å². The molecule has 0 N–H and O–H groups in total. The van der Waals surface area contributed by atoms with Crippen LogP contribution in [0.3, 0.4) is 0 Å². The fourth-order valence-electron chi connectivity index (χ4n) is 1.29. The van der Waals surface area contributed by atoms with E-state index in [9.17, 15) is 0 Å². The van der Waals surface area contributed by atoms with Crippen molar-refractivity contribution in [3.8, 4) is 0 Å². The predicted octanol–water partition coefficient (Wildman–Crippen LogP) is 4.52. The first-order valence-corrected chi connectivity index (χ1v) is 7.40. The van der Waals surface area contributed by atoms with Crippen molar-refractivity contribution >= 4 is 23.5 Å². The number of allylic oxidation sites excluding steroid dienone is 2. The molecule has 0 spiro atoms. The number of rotatable bonds is 5. The molecule has 2 heteroatoms. The van der Waals surface area contributed by atoms with Crippen LogP contribution in [-0.4, -0.2) is 12.5 Å². The molecule has 0 fully saturated rings. The van der Waals surface area contributed by atoms with Gasteiger partial charge in [-0.2, -0.15) is 0 Å². The second-order valence-corrected chi connectivity index (χ2v) is 4.55. The van der Waals surface area contributed by atoms with E-state index in [1.54, 1.807) is 23.5 Å². The van der Waals surface area contributed by atoms with Crippen molar-refractivity contribution in [2.24, 2.45) is 0 Å². The van der Waals surface area contributed by atoms with Crippen LogP contribution >= 0.6 is 23.5 Å². The van der Waals surface area contributed by atoms with Gasteiger partial charge in [0.2, 0.25) is 0 Å². The van der Waals surface area contributed by atoms with Crippen molar-refractivity contribution in [1.82, 2.24) is 0 Å². The van der Waals surface area contributed by atoms with Gasteiger partial charge in [0, 0.05) is 5.92 Å². The average molecular weight is 236 g/mol. The van der Waals surface area contributed by atoms with Crippen LogP contribution in [0.15, 0.2) is 53.3 Å². The van der Waals surface area contributed by atoms with Gasteiger partial charge in [-0.05, 0) is 28.9 Å². The van der Waals surface area contributed by atoms with Gasteiger partial charge in [0.25, 0.3) is 0 Å². The van der Waals surface area contributed by atoms with Gasteiger partial charge in [0.15, 0.2) is 0 Å². The number of hydrogen-bond donors (Lipinski definition) is 0. The fourth-order valence-corrected chi connectivity index (χ4v) is 1.94. The monoisotopic (exact) mass is 236 g/mol. The van der Waals surface area contributed by atoms with Crippen molar-refractivity contribution in [2.45, 2.75) is 5.92 Å². The molecule has 1 aromatic rings. The molecule has 0 radical (unpaired) electrons. The summed E-state index contributed by atoms with van der Waals surface area (Å²) in [5.41, 5.74) is 1.34. The lowest BCUT2D eigenvalue weighted by molar-refractivity contribution is 1.09. The van der Waals surface area contributed by atoms with E-state index in [-0.39, 0.29) is 0 Å². The Morgan fingerprint density at radius 3 is 1.93 bits per heavy atom. The van der Waals surface area contributed by atoms with Crippen LogP contribution in [0.4, 0.5) is 0 Å². The predicted molar refractivity (Wildman–Crippen MR) is 74.5 cm³/mol. The summed E-state index contributed by atoms with van der Waals surface area (Å²) in [4.78, 5) is 0. The second-order valence-electron chi connectivity index (χ2n) is 3.06. The van der Waals surface area contributed by atoms with Gasteiger partial charge in [-0.3, -0.25) is 0 Å². The molecule has 0 aromatic heterocycles. The van der Waals surface area contributed by atoms with Crippen LogP contribution in [0.2, 0.25) is 0 Å². The highest BCUT2D eigenvalue weighted by molar-refractivity contribution is 8.01.